The average molecular weight is 684 g/mol. The number of aliphatic hydroxyl groups excluding tert-OH is 1. The summed E-state index contributed by atoms with van der Waals surface area (Å²) >= 11 is 0. The van der Waals surface area contributed by atoms with E-state index in [4.69, 9.17) is 18.9 Å². The lowest BCUT2D eigenvalue weighted by Crippen LogP contribution is -2.77. The van der Waals surface area contributed by atoms with Gasteiger partial charge in [0, 0.05) is 66.4 Å². The lowest BCUT2D eigenvalue weighted by atomic mass is 9.37. The molecule has 7 bridgehead atoms. The van der Waals surface area contributed by atoms with Crippen molar-refractivity contribution in [2.24, 2.45) is 39.9 Å². The predicted octanol–water partition coefficient (Wildman–Crippen LogP) is 3.39. The van der Waals surface area contributed by atoms with Crippen LogP contribution in [0.2, 0.25) is 0 Å². The van der Waals surface area contributed by atoms with Crippen LogP contribution in [0.4, 0.5) is 0 Å². The number of carbonyl (C=O) groups is 5. The number of ether oxygens (including phenoxy) is 4. The molecule has 14 atom stereocenters. The summed E-state index contributed by atoms with van der Waals surface area (Å²) in [5.41, 5.74) is -2.04. The van der Waals surface area contributed by atoms with Crippen LogP contribution in [0, 0.1) is 39.9 Å². The normalized spacial score (nSPS) is 43.1. The number of nitrogens with zero attached hydrogens (tertiary/aromatic N) is 1. The van der Waals surface area contributed by atoms with Gasteiger partial charge in [-0.1, -0.05) is 55.5 Å². The summed E-state index contributed by atoms with van der Waals surface area (Å²) in [7, 11) is 1.88. The van der Waals surface area contributed by atoms with E-state index in [9.17, 15) is 29.1 Å². The highest BCUT2D eigenvalue weighted by atomic mass is 16.6. The number of rotatable bonds is 7. The van der Waals surface area contributed by atoms with Crippen LogP contribution in [-0.2, 0) is 33.3 Å². The van der Waals surface area contributed by atoms with Crippen molar-refractivity contribution in [3.63, 3.8) is 0 Å². The van der Waals surface area contributed by atoms with Gasteiger partial charge in [0.25, 0.3) is 0 Å². The highest BCUT2D eigenvalue weighted by Gasteiger charge is 2.93. The number of aliphatic hydroxyl groups is 1. The molecule has 11 nitrogen and oxygen atoms in total. The van der Waals surface area contributed by atoms with Crippen LogP contribution in [0.25, 0.3) is 0 Å². The van der Waals surface area contributed by atoms with E-state index in [-0.39, 0.29) is 6.42 Å². The molecule has 2 spiro atoms. The Bertz CT molecular complexity index is 1800. The van der Waals surface area contributed by atoms with Gasteiger partial charge in [-0.25, -0.2) is 9.59 Å². The van der Waals surface area contributed by atoms with E-state index in [1.54, 1.807) is 67.6 Å². The third-order valence-corrected chi connectivity index (χ3v) is 13.2. The quantitative estimate of drug-likeness (QED) is 0.198. The van der Waals surface area contributed by atoms with Gasteiger partial charge in [0.1, 0.15) is 30.7 Å². The lowest BCUT2D eigenvalue weighted by Gasteiger charge is -2.69. The number of fused-ring (bicyclic) bond motifs is 1. The zero-order valence-electron chi connectivity index (χ0n) is 28.4. The molecule has 2 aromatic rings. The van der Waals surface area contributed by atoms with Crippen molar-refractivity contribution >= 4 is 30.2 Å². The molecular formula is C39H41NO10. The topological polar surface area (TPSA) is 146 Å². The maximum Gasteiger partial charge on any atom is 0.338 e. The molecule has 2 saturated heterocycles. The number of likely N-dealkylation sites (N-methyl/N-ethyl adjacent to an activating group) is 1. The molecule has 262 valence electrons. The van der Waals surface area contributed by atoms with Crippen LogP contribution in [0.1, 0.15) is 54.3 Å². The van der Waals surface area contributed by atoms with Crippen LogP contribution in [-0.4, -0.2) is 89.8 Å². The van der Waals surface area contributed by atoms with Crippen molar-refractivity contribution in [2.75, 3.05) is 7.05 Å². The molecule has 0 aromatic heterocycles. The van der Waals surface area contributed by atoms with Gasteiger partial charge in [-0.15, -0.1) is 0 Å². The molecule has 14 unspecified atom stereocenters. The van der Waals surface area contributed by atoms with Crippen LogP contribution in [0.15, 0.2) is 72.8 Å². The largest absolute Gasteiger partial charge is 0.461 e. The maximum absolute atomic E-state index is 13.8. The van der Waals surface area contributed by atoms with Gasteiger partial charge < -0.3 is 28.8 Å². The van der Waals surface area contributed by atoms with E-state index >= 15 is 0 Å². The third-order valence-electron chi connectivity index (χ3n) is 13.2. The van der Waals surface area contributed by atoms with Gasteiger partial charge in [0.15, 0.2) is 0 Å². The Kier molecular flexibility index (Phi) is 7.27. The molecule has 0 radical (unpaired) electrons. The fraction of sp³-hybridized carbons (Fsp3) is 0.513. The SMILES string of the molecule is C=C1CC23C(O)C4C5C(C)(C=O)CC(OC(=O)c6ccccc6)C(OC(C)=O)C56C(C2C(OC(=O)c2ccccc2)C1C(OC(C)=O)C36)N4C. The molecule has 2 aromatic carbocycles. The first kappa shape index (κ1) is 32.8. The number of benzene rings is 2. The van der Waals surface area contributed by atoms with Gasteiger partial charge in [0.05, 0.1) is 23.1 Å². The molecule has 8 aliphatic rings. The molecule has 2 aliphatic heterocycles. The van der Waals surface area contributed by atoms with E-state index in [0.29, 0.717) is 23.1 Å². The number of hydrogen-bond donors (Lipinski definition) is 1. The average Bonchev–Trinajstić information content (AvgIpc) is 3.41. The monoisotopic (exact) mass is 683 g/mol. The summed E-state index contributed by atoms with van der Waals surface area (Å²) in [6.07, 6.45) is -3.76. The molecule has 6 saturated carbocycles. The third kappa shape index (κ3) is 4.01. The standard InChI is InChI=1S/C39H41NO10/c1-19-16-38-26-28(50-36(46)23-14-10-7-11-15-23)25(19)29(47-20(2)42)31(38)39-30(27(33(38)44)40(5)32(26)39)37(4,18-41)17-24(34(39)48-21(3)43)49-35(45)22-12-8-6-9-13-22/h6-15,18,24-34,44H,1,16-17H2,2-5H3. The Morgan fingerprint density at radius 2 is 1.44 bits per heavy atom. The van der Waals surface area contributed by atoms with Crippen molar-refractivity contribution in [2.45, 2.75) is 76.2 Å². The number of carbonyl (C=O) groups excluding carboxylic acids is 5. The Morgan fingerprint density at radius 1 is 0.860 bits per heavy atom. The fourth-order valence-corrected chi connectivity index (χ4v) is 12.3. The molecule has 8 fully saturated rings. The molecule has 0 amide bonds. The Labute approximate surface area is 289 Å². The second-order valence-corrected chi connectivity index (χ2v) is 15.5. The highest BCUT2D eigenvalue weighted by Crippen LogP contribution is 2.85. The molecule has 6 aliphatic carbocycles. The summed E-state index contributed by atoms with van der Waals surface area (Å²) in [4.78, 5) is 69.1. The second kappa shape index (κ2) is 11.1. The zero-order valence-corrected chi connectivity index (χ0v) is 28.4. The smallest absolute Gasteiger partial charge is 0.338 e. The van der Waals surface area contributed by atoms with Gasteiger partial charge >= 0.3 is 23.9 Å². The van der Waals surface area contributed by atoms with Crippen LogP contribution >= 0.6 is 0 Å². The van der Waals surface area contributed by atoms with Crippen LogP contribution < -0.4 is 0 Å². The van der Waals surface area contributed by atoms with Gasteiger partial charge in [-0.3, -0.25) is 14.5 Å². The number of hydrogen-bond acceptors (Lipinski definition) is 11. The molecule has 50 heavy (non-hydrogen) atoms. The minimum absolute atomic E-state index is 0.0361. The highest BCUT2D eigenvalue weighted by molar-refractivity contribution is 5.90. The van der Waals surface area contributed by atoms with Gasteiger partial charge in [0.2, 0.25) is 0 Å². The zero-order chi connectivity index (χ0) is 35.5. The summed E-state index contributed by atoms with van der Waals surface area (Å²) in [6.45, 7) is 8.80. The predicted molar refractivity (Wildman–Crippen MR) is 175 cm³/mol. The van der Waals surface area contributed by atoms with E-state index < -0.39 is 106 Å². The molecular weight excluding hydrogens is 642 g/mol. The summed E-state index contributed by atoms with van der Waals surface area (Å²) in [6, 6.07) is 15.9. The minimum Gasteiger partial charge on any atom is -0.461 e. The second-order valence-electron chi connectivity index (χ2n) is 15.5. The molecule has 11 heteroatoms. The Hall–Kier alpha value is -4.35. The summed E-state index contributed by atoms with van der Waals surface area (Å²) < 4.78 is 25.3. The van der Waals surface area contributed by atoms with Crippen molar-refractivity contribution in [3.8, 4) is 0 Å². The summed E-state index contributed by atoms with van der Waals surface area (Å²) in [5, 5.41) is 12.7. The number of aldehydes is 1. The van der Waals surface area contributed by atoms with Crippen LogP contribution in [0.3, 0.4) is 0 Å². The van der Waals surface area contributed by atoms with E-state index in [0.717, 1.165) is 6.29 Å². The first-order valence-electron chi connectivity index (χ1n) is 17.2. The van der Waals surface area contributed by atoms with E-state index in [2.05, 4.69) is 11.5 Å². The molecule has 1 N–H and O–H groups in total. The van der Waals surface area contributed by atoms with Crippen LogP contribution in [0.5, 0.6) is 0 Å². The van der Waals surface area contributed by atoms with Gasteiger partial charge in [-0.05, 0) is 37.7 Å². The van der Waals surface area contributed by atoms with E-state index in [1.165, 1.54) is 13.8 Å². The minimum atomic E-state index is -1.17. The Morgan fingerprint density at radius 3 is 2.00 bits per heavy atom. The number of esters is 4. The van der Waals surface area contributed by atoms with Crippen molar-refractivity contribution in [1.82, 2.24) is 4.90 Å². The summed E-state index contributed by atoms with van der Waals surface area (Å²) in [5.74, 6) is -4.83. The Balaban J connectivity index is 1.35. The van der Waals surface area contributed by atoms with E-state index in [1.807, 2.05) is 7.05 Å². The lowest BCUT2D eigenvalue weighted by molar-refractivity contribution is -0.286. The molecule has 10 rings (SSSR count). The van der Waals surface area contributed by atoms with Gasteiger partial charge in [-0.2, -0.15) is 0 Å². The van der Waals surface area contributed by atoms with Crippen molar-refractivity contribution in [1.29, 1.82) is 0 Å². The first-order valence-corrected chi connectivity index (χ1v) is 17.2. The fourth-order valence-electron chi connectivity index (χ4n) is 12.3. The van der Waals surface area contributed by atoms with Crippen molar-refractivity contribution < 1.29 is 48.0 Å². The number of piperidine rings is 1. The molecule has 2 heterocycles. The van der Waals surface area contributed by atoms with Crippen molar-refractivity contribution in [3.05, 3.63) is 83.9 Å². The first-order chi connectivity index (χ1) is 23.8. The maximum atomic E-state index is 13.8.